The summed E-state index contributed by atoms with van der Waals surface area (Å²) in [5.41, 5.74) is 2.31. The molecule has 0 aliphatic carbocycles. The molecule has 1 unspecified atom stereocenters. The fourth-order valence-corrected chi connectivity index (χ4v) is 3.21. The molecule has 0 amide bonds. The number of para-hydroxylation sites is 2. The molecule has 1 fully saturated rings. The van der Waals surface area contributed by atoms with E-state index in [4.69, 9.17) is 0 Å². The molecule has 1 aromatic carbocycles. The van der Waals surface area contributed by atoms with Crippen LogP contribution in [0, 0.1) is 0 Å². The Labute approximate surface area is 127 Å². The van der Waals surface area contributed by atoms with Crippen molar-refractivity contribution < 1.29 is 0 Å². The van der Waals surface area contributed by atoms with Crippen LogP contribution in [0.3, 0.4) is 0 Å². The van der Waals surface area contributed by atoms with Crippen LogP contribution in [0.4, 0.5) is 0 Å². The number of fused-ring (bicyclic) bond motifs is 1. The summed E-state index contributed by atoms with van der Waals surface area (Å²) in [5.74, 6) is 0. The van der Waals surface area contributed by atoms with Crippen molar-refractivity contribution in [3.05, 3.63) is 30.6 Å². The van der Waals surface area contributed by atoms with Crippen LogP contribution >= 0.6 is 0 Å². The van der Waals surface area contributed by atoms with Gasteiger partial charge >= 0.3 is 0 Å². The molecule has 2 heterocycles. The smallest absolute Gasteiger partial charge is 0.0958 e. The second-order valence-corrected chi connectivity index (χ2v) is 6.14. The molecule has 0 spiro atoms. The van der Waals surface area contributed by atoms with Crippen LogP contribution < -0.4 is 5.32 Å². The van der Waals surface area contributed by atoms with E-state index in [0.717, 1.165) is 18.6 Å². The van der Waals surface area contributed by atoms with Gasteiger partial charge in [0.1, 0.15) is 0 Å². The summed E-state index contributed by atoms with van der Waals surface area (Å²) in [6, 6.07) is 8.88. The molecular weight excluding hydrogens is 260 g/mol. The molecule has 1 N–H and O–H groups in total. The highest BCUT2D eigenvalue weighted by Crippen LogP contribution is 2.11. The number of aromatic nitrogens is 2. The number of hydrogen-bond donors (Lipinski definition) is 1. The molecule has 1 aromatic heterocycles. The first-order chi connectivity index (χ1) is 10.3. The Morgan fingerprint density at radius 1 is 1.19 bits per heavy atom. The number of rotatable bonds is 6. The third kappa shape index (κ3) is 3.83. The lowest BCUT2D eigenvalue weighted by Crippen LogP contribution is -2.42. The highest BCUT2D eigenvalue weighted by molar-refractivity contribution is 5.74. The van der Waals surface area contributed by atoms with E-state index in [1.807, 2.05) is 12.4 Å². The van der Waals surface area contributed by atoms with Crippen LogP contribution in [0.25, 0.3) is 11.0 Å². The van der Waals surface area contributed by atoms with Crippen molar-refractivity contribution in [1.82, 2.24) is 19.8 Å². The third-order valence-electron chi connectivity index (χ3n) is 4.35. The number of imidazole rings is 1. The molecule has 4 heteroatoms. The van der Waals surface area contributed by atoms with Crippen LogP contribution in [0.1, 0.15) is 26.2 Å². The molecule has 4 nitrogen and oxygen atoms in total. The number of benzene rings is 1. The lowest BCUT2D eigenvalue weighted by molar-refractivity contribution is 0.209. The zero-order valence-electron chi connectivity index (χ0n) is 13.0. The third-order valence-corrected chi connectivity index (χ3v) is 4.35. The second kappa shape index (κ2) is 7.05. The zero-order chi connectivity index (χ0) is 14.5. The van der Waals surface area contributed by atoms with E-state index in [-0.39, 0.29) is 0 Å². The van der Waals surface area contributed by atoms with E-state index in [9.17, 15) is 0 Å². The molecule has 114 valence electrons. The van der Waals surface area contributed by atoms with Gasteiger partial charge in [0.2, 0.25) is 0 Å². The zero-order valence-corrected chi connectivity index (χ0v) is 13.0. The summed E-state index contributed by atoms with van der Waals surface area (Å²) in [5, 5.41) is 3.64. The van der Waals surface area contributed by atoms with Crippen LogP contribution in [0.5, 0.6) is 0 Å². The fraction of sp³-hybridized carbons (Fsp3) is 0.588. The lowest BCUT2D eigenvalue weighted by atomic mass is 10.1. The molecule has 1 aliphatic heterocycles. The minimum absolute atomic E-state index is 0.554. The van der Waals surface area contributed by atoms with Gasteiger partial charge in [0.25, 0.3) is 0 Å². The summed E-state index contributed by atoms with van der Waals surface area (Å²) in [7, 11) is 0. The van der Waals surface area contributed by atoms with Gasteiger partial charge < -0.3 is 14.8 Å². The fourth-order valence-electron chi connectivity index (χ4n) is 3.21. The number of nitrogens with one attached hydrogen (secondary N) is 1. The molecule has 2 aromatic rings. The van der Waals surface area contributed by atoms with Crippen molar-refractivity contribution in [1.29, 1.82) is 0 Å². The minimum Gasteiger partial charge on any atom is -0.329 e. The van der Waals surface area contributed by atoms with E-state index in [1.54, 1.807) is 0 Å². The quantitative estimate of drug-likeness (QED) is 0.886. The summed E-state index contributed by atoms with van der Waals surface area (Å²) in [4.78, 5) is 7.03. The van der Waals surface area contributed by atoms with Gasteiger partial charge in [-0.2, -0.15) is 0 Å². The van der Waals surface area contributed by atoms with Crippen molar-refractivity contribution in [3.63, 3.8) is 0 Å². The van der Waals surface area contributed by atoms with E-state index in [2.05, 4.69) is 44.9 Å². The molecule has 21 heavy (non-hydrogen) atoms. The SMILES string of the molecule is CC(CN1CCCCC1)NCCn1cnc2ccccc21. The monoisotopic (exact) mass is 286 g/mol. The largest absolute Gasteiger partial charge is 0.329 e. The number of likely N-dealkylation sites (tertiary alicyclic amines) is 1. The van der Waals surface area contributed by atoms with Gasteiger partial charge in [0, 0.05) is 25.7 Å². The Balaban J connectivity index is 1.45. The van der Waals surface area contributed by atoms with E-state index in [1.165, 1.54) is 44.4 Å². The minimum atomic E-state index is 0.554. The van der Waals surface area contributed by atoms with Crippen LogP contribution in [0.15, 0.2) is 30.6 Å². The Kier molecular flexibility index (Phi) is 4.88. The van der Waals surface area contributed by atoms with Crippen LogP contribution in [0.2, 0.25) is 0 Å². The highest BCUT2D eigenvalue weighted by atomic mass is 15.2. The Morgan fingerprint density at radius 2 is 2.00 bits per heavy atom. The van der Waals surface area contributed by atoms with Gasteiger partial charge in [0.15, 0.2) is 0 Å². The first-order valence-electron chi connectivity index (χ1n) is 8.18. The number of piperidine rings is 1. The standard InChI is InChI=1S/C17H26N4/c1-15(13-20-10-5-2-6-11-20)18-9-12-21-14-19-16-7-3-4-8-17(16)21/h3-4,7-8,14-15,18H,2,5-6,9-13H2,1H3. The predicted octanol–water partition coefficient (Wildman–Crippen LogP) is 2.50. The molecule has 1 atom stereocenters. The maximum absolute atomic E-state index is 4.44. The lowest BCUT2D eigenvalue weighted by Gasteiger charge is -2.29. The average molecular weight is 286 g/mol. The maximum Gasteiger partial charge on any atom is 0.0958 e. The van der Waals surface area contributed by atoms with Crippen molar-refractivity contribution in [3.8, 4) is 0 Å². The Hall–Kier alpha value is -1.39. The van der Waals surface area contributed by atoms with E-state index >= 15 is 0 Å². The van der Waals surface area contributed by atoms with E-state index in [0.29, 0.717) is 6.04 Å². The second-order valence-electron chi connectivity index (χ2n) is 6.14. The average Bonchev–Trinajstić information content (AvgIpc) is 2.92. The summed E-state index contributed by atoms with van der Waals surface area (Å²) in [6.07, 6.45) is 6.09. The summed E-state index contributed by atoms with van der Waals surface area (Å²) in [6.45, 7) is 7.99. The van der Waals surface area contributed by atoms with Gasteiger partial charge in [-0.25, -0.2) is 4.98 Å². The topological polar surface area (TPSA) is 33.1 Å². The van der Waals surface area contributed by atoms with Gasteiger partial charge in [-0.1, -0.05) is 18.6 Å². The van der Waals surface area contributed by atoms with Crippen molar-refractivity contribution in [2.75, 3.05) is 26.2 Å². The highest BCUT2D eigenvalue weighted by Gasteiger charge is 2.12. The van der Waals surface area contributed by atoms with Crippen LogP contribution in [-0.4, -0.2) is 46.7 Å². The normalized spacial score (nSPS) is 18.1. The first kappa shape index (κ1) is 14.5. The number of nitrogens with zero attached hydrogens (tertiary/aromatic N) is 3. The van der Waals surface area contributed by atoms with Gasteiger partial charge in [0.05, 0.1) is 17.4 Å². The molecule has 1 aliphatic rings. The Bertz CT molecular complexity index is 557. The first-order valence-corrected chi connectivity index (χ1v) is 8.18. The maximum atomic E-state index is 4.44. The van der Waals surface area contributed by atoms with Gasteiger partial charge in [-0.05, 0) is 45.0 Å². The summed E-state index contributed by atoms with van der Waals surface area (Å²) < 4.78 is 2.23. The van der Waals surface area contributed by atoms with Gasteiger partial charge in [-0.15, -0.1) is 0 Å². The molecule has 0 saturated carbocycles. The molecule has 1 saturated heterocycles. The summed E-state index contributed by atoms with van der Waals surface area (Å²) >= 11 is 0. The van der Waals surface area contributed by atoms with Crippen molar-refractivity contribution >= 4 is 11.0 Å². The van der Waals surface area contributed by atoms with E-state index < -0.39 is 0 Å². The predicted molar refractivity (Wildman–Crippen MR) is 87.5 cm³/mol. The molecule has 0 radical (unpaired) electrons. The van der Waals surface area contributed by atoms with Crippen molar-refractivity contribution in [2.24, 2.45) is 0 Å². The van der Waals surface area contributed by atoms with Gasteiger partial charge in [-0.3, -0.25) is 0 Å². The molecule has 3 rings (SSSR count). The molecule has 0 bridgehead atoms. The number of hydrogen-bond acceptors (Lipinski definition) is 3. The Morgan fingerprint density at radius 3 is 2.86 bits per heavy atom. The molecular formula is C17H26N4. The van der Waals surface area contributed by atoms with Crippen molar-refractivity contribution in [2.45, 2.75) is 38.8 Å². The van der Waals surface area contributed by atoms with Crippen LogP contribution in [-0.2, 0) is 6.54 Å².